The van der Waals surface area contributed by atoms with Crippen LogP contribution in [0.15, 0.2) is 48.7 Å². The molecule has 126 valence electrons. The van der Waals surface area contributed by atoms with E-state index in [-0.39, 0.29) is 18.2 Å². The van der Waals surface area contributed by atoms with Crippen LogP contribution in [0.25, 0.3) is 0 Å². The summed E-state index contributed by atoms with van der Waals surface area (Å²) in [4.78, 5) is 27.2. The van der Waals surface area contributed by atoms with Crippen LogP contribution in [0.2, 0.25) is 0 Å². The van der Waals surface area contributed by atoms with Crippen LogP contribution in [-0.4, -0.2) is 30.0 Å². The van der Waals surface area contributed by atoms with Crippen molar-refractivity contribution in [2.45, 2.75) is 26.2 Å². The van der Waals surface area contributed by atoms with Crippen LogP contribution < -0.4 is 5.32 Å². The molecule has 24 heavy (non-hydrogen) atoms. The fourth-order valence-corrected chi connectivity index (χ4v) is 2.16. The van der Waals surface area contributed by atoms with Crippen molar-refractivity contribution in [2.75, 3.05) is 13.2 Å². The molecule has 0 aliphatic heterocycles. The Hall–Kier alpha value is -2.69. The van der Waals surface area contributed by atoms with Crippen molar-refractivity contribution in [1.82, 2.24) is 10.3 Å². The van der Waals surface area contributed by atoms with Gasteiger partial charge in [-0.15, -0.1) is 0 Å². The third-order valence-electron chi connectivity index (χ3n) is 3.59. The Labute approximate surface area is 142 Å². The molecule has 1 aromatic heterocycles. The Morgan fingerprint density at radius 2 is 1.88 bits per heavy atom. The fraction of sp³-hybridized carbons (Fsp3) is 0.316. The van der Waals surface area contributed by atoms with E-state index in [2.05, 4.69) is 48.4 Å². The summed E-state index contributed by atoms with van der Waals surface area (Å²) in [6, 6.07) is 13.3. The predicted octanol–water partition coefficient (Wildman–Crippen LogP) is 2.72. The van der Waals surface area contributed by atoms with Gasteiger partial charge in [-0.05, 0) is 35.6 Å². The van der Waals surface area contributed by atoms with Gasteiger partial charge < -0.3 is 10.1 Å². The summed E-state index contributed by atoms with van der Waals surface area (Å²) in [6.07, 6.45) is 2.24. The molecule has 2 rings (SSSR count). The molecule has 0 radical (unpaired) electrons. The zero-order valence-corrected chi connectivity index (χ0v) is 14.0. The van der Waals surface area contributed by atoms with E-state index in [0.717, 1.165) is 12.0 Å². The number of nitrogens with one attached hydrogen (secondary N) is 1. The number of carbonyl (C=O) groups is 2. The largest absolute Gasteiger partial charge is 0.451 e. The molecular weight excluding hydrogens is 304 g/mol. The number of rotatable bonds is 7. The van der Waals surface area contributed by atoms with E-state index >= 15 is 0 Å². The number of nitrogens with zero attached hydrogens (tertiary/aromatic N) is 1. The molecule has 0 saturated carbocycles. The Kier molecular flexibility index (Phi) is 6.49. The number of carbonyl (C=O) groups excluding carboxylic acids is 2. The van der Waals surface area contributed by atoms with Crippen molar-refractivity contribution in [3.05, 3.63) is 65.5 Å². The average Bonchev–Trinajstić information content (AvgIpc) is 2.61. The number of hydrogen-bond acceptors (Lipinski definition) is 4. The third kappa shape index (κ3) is 5.50. The maximum absolute atomic E-state index is 11.7. The molecule has 0 unspecified atom stereocenters. The average molecular weight is 326 g/mol. The lowest BCUT2D eigenvalue weighted by Crippen LogP contribution is -2.30. The van der Waals surface area contributed by atoms with Gasteiger partial charge in [-0.3, -0.25) is 4.79 Å². The van der Waals surface area contributed by atoms with Gasteiger partial charge in [0.2, 0.25) is 0 Å². The third-order valence-corrected chi connectivity index (χ3v) is 3.59. The first kappa shape index (κ1) is 17.7. The van der Waals surface area contributed by atoms with Gasteiger partial charge in [0.15, 0.2) is 6.61 Å². The van der Waals surface area contributed by atoms with Gasteiger partial charge in [0, 0.05) is 12.7 Å². The topological polar surface area (TPSA) is 68.3 Å². The second-order valence-electron chi connectivity index (χ2n) is 5.79. The predicted molar refractivity (Wildman–Crippen MR) is 91.8 cm³/mol. The normalized spacial score (nSPS) is 10.5. The lowest BCUT2D eigenvalue weighted by molar-refractivity contribution is -0.124. The minimum Gasteiger partial charge on any atom is -0.451 e. The summed E-state index contributed by atoms with van der Waals surface area (Å²) in [6.45, 7) is 4.51. The van der Waals surface area contributed by atoms with Crippen LogP contribution in [-0.2, 0) is 16.0 Å². The number of hydrogen-bond donors (Lipinski definition) is 1. The molecular formula is C19H22N2O3. The molecule has 0 aliphatic rings. The highest BCUT2D eigenvalue weighted by Gasteiger charge is 2.10. The van der Waals surface area contributed by atoms with Gasteiger partial charge in [0.1, 0.15) is 5.69 Å². The monoisotopic (exact) mass is 326 g/mol. The quantitative estimate of drug-likeness (QED) is 0.794. The lowest BCUT2D eigenvalue weighted by Gasteiger charge is -2.08. The number of ether oxygens (including phenoxy) is 1. The Morgan fingerprint density at radius 3 is 2.50 bits per heavy atom. The second kappa shape index (κ2) is 8.82. The van der Waals surface area contributed by atoms with Gasteiger partial charge in [-0.25, -0.2) is 9.78 Å². The number of benzene rings is 1. The Balaban J connectivity index is 1.69. The van der Waals surface area contributed by atoms with Gasteiger partial charge >= 0.3 is 5.97 Å². The Bertz CT molecular complexity index is 667. The zero-order valence-electron chi connectivity index (χ0n) is 14.0. The molecule has 0 bridgehead atoms. The van der Waals surface area contributed by atoms with Crippen molar-refractivity contribution >= 4 is 11.9 Å². The van der Waals surface area contributed by atoms with E-state index in [1.54, 1.807) is 18.2 Å². The first-order valence-electron chi connectivity index (χ1n) is 8.00. The lowest BCUT2D eigenvalue weighted by atomic mass is 10.0. The van der Waals surface area contributed by atoms with E-state index < -0.39 is 5.97 Å². The summed E-state index contributed by atoms with van der Waals surface area (Å²) >= 11 is 0. The van der Waals surface area contributed by atoms with E-state index in [1.165, 1.54) is 11.8 Å². The summed E-state index contributed by atoms with van der Waals surface area (Å²) in [5, 5.41) is 2.74. The number of aromatic nitrogens is 1. The fourth-order valence-electron chi connectivity index (χ4n) is 2.16. The first-order valence-corrected chi connectivity index (χ1v) is 8.00. The van der Waals surface area contributed by atoms with Crippen molar-refractivity contribution in [2.24, 2.45) is 0 Å². The van der Waals surface area contributed by atoms with Crippen molar-refractivity contribution in [3.63, 3.8) is 0 Å². The minimum atomic E-state index is -0.602. The molecule has 0 saturated heterocycles. The molecule has 1 aromatic carbocycles. The van der Waals surface area contributed by atoms with Crippen LogP contribution in [0.4, 0.5) is 0 Å². The molecule has 0 spiro atoms. The van der Waals surface area contributed by atoms with Gasteiger partial charge in [0.25, 0.3) is 5.91 Å². The SMILES string of the molecule is CC(C)c1ccc(CCNC(=O)COC(=O)c2ccccn2)cc1. The molecule has 1 N–H and O–H groups in total. The molecule has 0 aliphatic carbocycles. The van der Waals surface area contributed by atoms with Crippen LogP contribution >= 0.6 is 0 Å². The van der Waals surface area contributed by atoms with Crippen LogP contribution in [0.3, 0.4) is 0 Å². The summed E-state index contributed by atoms with van der Waals surface area (Å²) in [5.41, 5.74) is 2.64. The van der Waals surface area contributed by atoms with Crippen LogP contribution in [0.5, 0.6) is 0 Å². The molecule has 2 aromatic rings. The van der Waals surface area contributed by atoms with Gasteiger partial charge in [-0.1, -0.05) is 44.2 Å². The highest BCUT2D eigenvalue weighted by molar-refractivity contribution is 5.89. The van der Waals surface area contributed by atoms with Gasteiger partial charge in [-0.2, -0.15) is 0 Å². The maximum atomic E-state index is 11.7. The Morgan fingerprint density at radius 1 is 1.12 bits per heavy atom. The van der Waals surface area contributed by atoms with Crippen molar-refractivity contribution in [3.8, 4) is 0 Å². The highest BCUT2D eigenvalue weighted by Crippen LogP contribution is 2.14. The molecule has 5 heteroatoms. The molecule has 1 amide bonds. The van der Waals surface area contributed by atoms with Crippen LogP contribution in [0, 0.1) is 0 Å². The van der Waals surface area contributed by atoms with Crippen molar-refractivity contribution in [1.29, 1.82) is 0 Å². The maximum Gasteiger partial charge on any atom is 0.357 e. The number of pyridine rings is 1. The molecule has 0 atom stereocenters. The van der Waals surface area contributed by atoms with Gasteiger partial charge in [0.05, 0.1) is 0 Å². The van der Waals surface area contributed by atoms with Crippen molar-refractivity contribution < 1.29 is 14.3 Å². The summed E-state index contributed by atoms with van der Waals surface area (Å²) in [5.74, 6) is -0.416. The number of esters is 1. The van der Waals surface area contributed by atoms with E-state index in [4.69, 9.17) is 4.74 Å². The highest BCUT2D eigenvalue weighted by atomic mass is 16.5. The van der Waals surface area contributed by atoms with E-state index in [9.17, 15) is 9.59 Å². The first-order chi connectivity index (χ1) is 11.6. The second-order valence-corrected chi connectivity index (χ2v) is 5.79. The molecule has 0 fully saturated rings. The summed E-state index contributed by atoms with van der Waals surface area (Å²) < 4.78 is 4.92. The molecule has 1 heterocycles. The van der Waals surface area contributed by atoms with Crippen LogP contribution in [0.1, 0.15) is 41.4 Å². The minimum absolute atomic E-state index is 0.190. The van der Waals surface area contributed by atoms with E-state index in [1.807, 2.05) is 0 Å². The van der Waals surface area contributed by atoms with E-state index in [0.29, 0.717) is 12.5 Å². The molecule has 5 nitrogen and oxygen atoms in total. The smallest absolute Gasteiger partial charge is 0.357 e. The standard InChI is InChI=1S/C19H22N2O3/c1-14(2)16-8-6-15(7-9-16)10-12-21-18(22)13-24-19(23)17-5-3-4-11-20-17/h3-9,11,14H,10,12-13H2,1-2H3,(H,21,22). The zero-order chi connectivity index (χ0) is 17.4. The summed E-state index contributed by atoms with van der Waals surface area (Å²) in [7, 11) is 0. The number of amides is 1.